The summed E-state index contributed by atoms with van der Waals surface area (Å²) in [5.41, 5.74) is 0. The molecule has 2 amide bonds. The van der Waals surface area contributed by atoms with E-state index in [1.165, 1.54) is 13.2 Å². The van der Waals surface area contributed by atoms with E-state index in [-0.39, 0.29) is 18.9 Å². The molecule has 1 fully saturated rings. The summed E-state index contributed by atoms with van der Waals surface area (Å²) in [4.78, 5) is 24.3. The second kappa shape index (κ2) is 10.6. The zero-order chi connectivity index (χ0) is 19.9. The summed E-state index contributed by atoms with van der Waals surface area (Å²) in [6.45, 7) is 3.87. The Kier molecular flexibility index (Phi) is 9.17. The Balaban J connectivity index is 2.73. The molecule has 0 aromatic heterocycles. The first kappa shape index (κ1) is 22.5. The summed E-state index contributed by atoms with van der Waals surface area (Å²) in [6.07, 6.45) is -3.35. The lowest BCUT2D eigenvalue weighted by molar-refractivity contribution is -0.150. The zero-order valence-electron chi connectivity index (χ0n) is 15.3. The molecule has 0 aromatic rings. The van der Waals surface area contributed by atoms with Gasteiger partial charge < -0.3 is 35.8 Å². The molecule has 1 aliphatic rings. The van der Waals surface area contributed by atoms with Gasteiger partial charge in [-0.25, -0.2) is 0 Å². The Bertz CT molecular complexity index is 498. The fourth-order valence-electron chi connectivity index (χ4n) is 2.56. The number of methoxy groups -OCH3 is 1. The van der Waals surface area contributed by atoms with Crippen LogP contribution in [0.3, 0.4) is 0 Å². The van der Waals surface area contributed by atoms with Crippen molar-refractivity contribution in [2.24, 2.45) is 5.92 Å². The lowest BCUT2D eigenvalue weighted by atomic mass is 10.00. The highest BCUT2D eigenvalue weighted by Crippen LogP contribution is 2.12. The van der Waals surface area contributed by atoms with Crippen molar-refractivity contribution in [2.45, 2.75) is 63.3 Å². The first-order valence-electron chi connectivity index (χ1n) is 8.68. The zero-order valence-corrected chi connectivity index (χ0v) is 15.3. The molecule has 1 aliphatic heterocycles. The van der Waals surface area contributed by atoms with E-state index in [4.69, 9.17) is 4.74 Å². The molecule has 0 radical (unpaired) electrons. The van der Waals surface area contributed by atoms with E-state index in [1.807, 2.05) is 13.8 Å². The average molecular weight is 374 g/mol. The van der Waals surface area contributed by atoms with E-state index in [1.54, 1.807) is 6.08 Å². The predicted octanol–water partition coefficient (Wildman–Crippen LogP) is -1.95. The van der Waals surface area contributed by atoms with Crippen molar-refractivity contribution in [1.29, 1.82) is 0 Å². The molecule has 0 bridgehead atoms. The van der Waals surface area contributed by atoms with Gasteiger partial charge in [-0.3, -0.25) is 9.59 Å². The number of carbonyl (C=O) groups is 2. The molecule has 0 spiro atoms. The highest BCUT2D eigenvalue weighted by molar-refractivity contribution is 5.89. The lowest BCUT2D eigenvalue weighted by Crippen LogP contribution is -2.55. The van der Waals surface area contributed by atoms with Gasteiger partial charge in [0.25, 0.3) is 5.91 Å². The molecular weight excluding hydrogens is 344 g/mol. The molecule has 0 aliphatic carbocycles. The van der Waals surface area contributed by atoms with Gasteiger partial charge in [-0.15, -0.1) is 0 Å². The predicted molar refractivity (Wildman–Crippen MR) is 93.0 cm³/mol. The van der Waals surface area contributed by atoms with Crippen molar-refractivity contribution in [3.63, 3.8) is 0 Å². The summed E-state index contributed by atoms with van der Waals surface area (Å²) < 4.78 is 4.96. The number of hydrogen-bond donors (Lipinski definition) is 6. The van der Waals surface area contributed by atoms with Gasteiger partial charge in [0.15, 0.2) is 6.10 Å². The second-order valence-corrected chi connectivity index (χ2v) is 6.79. The maximum Gasteiger partial charge on any atom is 0.252 e. The van der Waals surface area contributed by atoms with Crippen molar-refractivity contribution in [3.05, 3.63) is 12.2 Å². The number of allylic oxidation sites excluding steroid dienone is 1. The molecule has 0 aromatic carbocycles. The van der Waals surface area contributed by atoms with Gasteiger partial charge in [0, 0.05) is 13.7 Å². The summed E-state index contributed by atoms with van der Waals surface area (Å²) in [7, 11) is 1.17. The summed E-state index contributed by atoms with van der Waals surface area (Å²) in [5.74, 6) is -1.10. The Morgan fingerprint density at radius 3 is 2.46 bits per heavy atom. The molecule has 9 nitrogen and oxygen atoms in total. The van der Waals surface area contributed by atoms with Crippen LogP contribution in [-0.2, 0) is 14.3 Å². The Labute approximate surface area is 153 Å². The number of amides is 2. The number of rotatable bonds is 8. The minimum Gasteiger partial charge on any atom is -0.391 e. The van der Waals surface area contributed by atoms with Crippen LogP contribution in [0, 0.1) is 5.92 Å². The molecule has 6 atom stereocenters. The first-order valence-corrected chi connectivity index (χ1v) is 8.68. The second-order valence-electron chi connectivity index (χ2n) is 6.79. The molecule has 1 saturated heterocycles. The van der Waals surface area contributed by atoms with Gasteiger partial charge in [-0.05, 0) is 18.8 Å². The standard InChI is InChI=1S/C17H30N2O7/c1-9(2)4-7-12(21)13(22)14(23)15(26-3)17(25)19-11-6-5-10(20)8-18-16(11)24/h4,7,9-15,20-23H,5-6,8H2,1-3H3,(H,18,24)(H,19,25)/b7-4+/t10-,11?,12+,13-,14+,15+/m0/s1. The number of aliphatic hydroxyl groups excluding tert-OH is 4. The number of carbonyl (C=O) groups excluding carboxylic acids is 2. The molecule has 150 valence electrons. The Morgan fingerprint density at radius 2 is 1.88 bits per heavy atom. The smallest absolute Gasteiger partial charge is 0.252 e. The molecule has 26 heavy (non-hydrogen) atoms. The third-order valence-corrected chi connectivity index (χ3v) is 4.15. The molecule has 6 N–H and O–H groups in total. The van der Waals surface area contributed by atoms with Gasteiger partial charge >= 0.3 is 0 Å². The maximum absolute atomic E-state index is 12.4. The van der Waals surface area contributed by atoms with E-state index in [0.717, 1.165) is 0 Å². The summed E-state index contributed by atoms with van der Waals surface area (Å²) in [6, 6.07) is -0.882. The average Bonchev–Trinajstić information content (AvgIpc) is 2.75. The third kappa shape index (κ3) is 6.65. The van der Waals surface area contributed by atoms with Crippen molar-refractivity contribution >= 4 is 11.8 Å². The van der Waals surface area contributed by atoms with Crippen LogP contribution in [0.4, 0.5) is 0 Å². The van der Waals surface area contributed by atoms with E-state index in [2.05, 4.69) is 10.6 Å². The van der Waals surface area contributed by atoms with Gasteiger partial charge in [0.1, 0.15) is 24.4 Å². The van der Waals surface area contributed by atoms with Crippen molar-refractivity contribution in [1.82, 2.24) is 10.6 Å². The monoisotopic (exact) mass is 374 g/mol. The number of nitrogens with one attached hydrogen (secondary N) is 2. The van der Waals surface area contributed by atoms with Crippen LogP contribution in [0.5, 0.6) is 0 Å². The molecule has 0 saturated carbocycles. The van der Waals surface area contributed by atoms with Gasteiger partial charge in [-0.1, -0.05) is 26.0 Å². The lowest BCUT2D eigenvalue weighted by Gasteiger charge is -2.28. The van der Waals surface area contributed by atoms with Crippen LogP contribution < -0.4 is 10.6 Å². The number of β-amino-alcohol motifs (C(OH)–C–C–N with tert-alkyl or cyclic N) is 1. The molecular formula is C17H30N2O7. The molecule has 1 unspecified atom stereocenters. The fourth-order valence-corrected chi connectivity index (χ4v) is 2.56. The topological polar surface area (TPSA) is 148 Å². The highest BCUT2D eigenvalue weighted by Gasteiger charge is 2.37. The van der Waals surface area contributed by atoms with Crippen LogP contribution >= 0.6 is 0 Å². The third-order valence-electron chi connectivity index (χ3n) is 4.15. The highest BCUT2D eigenvalue weighted by atomic mass is 16.5. The van der Waals surface area contributed by atoms with Crippen LogP contribution in [0.15, 0.2) is 12.2 Å². The van der Waals surface area contributed by atoms with E-state index in [9.17, 15) is 30.0 Å². The van der Waals surface area contributed by atoms with E-state index < -0.39 is 48.4 Å². The number of hydrogen-bond acceptors (Lipinski definition) is 7. The van der Waals surface area contributed by atoms with Crippen LogP contribution in [-0.4, -0.2) is 82.5 Å². The van der Waals surface area contributed by atoms with E-state index >= 15 is 0 Å². The van der Waals surface area contributed by atoms with Crippen molar-refractivity contribution in [3.8, 4) is 0 Å². The first-order chi connectivity index (χ1) is 12.2. The normalized spacial score (nSPS) is 26.1. The SMILES string of the molecule is CO[C@@H](C(=O)NC1CC[C@H](O)CNC1=O)[C@H](O)[C@@H](O)[C@H](O)/C=C/C(C)C. The summed E-state index contributed by atoms with van der Waals surface area (Å²) in [5, 5.41) is 44.7. The van der Waals surface area contributed by atoms with Crippen molar-refractivity contribution in [2.75, 3.05) is 13.7 Å². The fraction of sp³-hybridized carbons (Fsp3) is 0.765. The van der Waals surface area contributed by atoms with Crippen LogP contribution in [0.1, 0.15) is 26.7 Å². The molecule has 1 rings (SSSR count). The number of ether oxygens (including phenoxy) is 1. The minimum absolute atomic E-state index is 0.106. The van der Waals surface area contributed by atoms with Gasteiger partial charge in [0.2, 0.25) is 5.91 Å². The molecule has 9 heteroatoms. The van der Waals surface area contributed by atoms with Crippen LogP contribution in [0.2, 0.25) is 0 Å². The largest absolute Gasteiger partial charge is 0.391 e. The van der Waals surface area contributed by atoms with Crippen molar-refractivity contribution < 1.29 is 34.8 Å². The van der Waals surface area contributed by atoms with E-state index in [0.29, 0.717) is 6.42 Å². The van der Waals surface area contributed by atoms with Crippen LogP contribution in [0.25, 0.3) is 0 Å². The molecule has 1 heterocycles. The maximum atomic E-state index is 12.4. The number of aliphatic hydroxyl groups is 4. The van der Waals surface area contributed by atoms with Gasteiger partial charge in [0.05, 0.1) is 6.10 Å². The summed E-state index contributed by atoms with van der Waals surface area (Å²) >= 11 is 0. The van der Waals surface area contributed by atoms with Gasteiger partial charge in [-0.2, -0.15) is 0 Å². The Hall–Kier alpha value is -1.52. The Morgan fingerprint density at radius 1 is 1.23 bits per heavy atom. The quantitative estimate of drug-likeness (QED) is 0.271. The minimum atomic E-state index is -1.70.